The first kappa shape index (κ1) is 10.9. The number of rotatable bonds is 1. The zero-order valence-electron chi connectivity index (χ0n) is 10.4. The number of hydrogen-bond acceptors (Lipinski definition) is 3. The SMILES string of the molecule is O=c1nc2ccccn2c2nc(-c3ccccc3)[nH]c12. The Kier molecular flexibility index (Phi) is 2.20. The average Bonchev–Trinajstić information content (AvgIpc) is 2.94. The maximum absolute atomic E-state index is 12.0. The van der Waals surface area contributed by atoms with Gasteiger partial charge in [0.25, 0.3) is 5.56 Å². The van der Waals surface area contributed by atoms with E-state index in [1.54, 1.807) is 10.5 Å². The van der Waals surface area contributed by atoms with Gasteiger partial charge in [-0.25, -0.2) is 4.98 Å². The van der Waals surface area contributed by atoms with Crippen LogP contribution in [0, 0.1) is 0 Å². The van der Waals surface area contributed by atoms with Crippen molar-refractivity contribution < 1.29 is 0 Å². The van der Waals surface area contributed by atoms with E-state index in [1.807, 2.05) is 48.7 Å². The van der Waals surface area contributed by atoms with Crippen LogP contribution in [0.15, 0.2) is 59.5 Å². The van der Waals surface area contributed by atoms with E-state index >= 15 is 0 Å². The summed E-state index contributed by atoms with van der Waals surface area (Å²) < 4.78 is 1.81. The Morgan fingerprint density at radius 1 is 0.950 bits per heavy atom. The van der Waals surface area contributed by atoms with Crippen LogP contribution in [0.25, 0.3) is 28.2 Å². The molecule has 0 saturated heterocycles. The summed E-state index contributed by atoms with van der Waals surface area (Å²) in [5.41, 5.74) is 2.26. The van der Waals surface area contributed by atoms with Gasteiger partial charge < -0.3 is 4.98 Å². The average molecular weight is 262 g/mol. The van der Waals surface area contributed by atoms with Crippen LogP contribution in [0.1, 0.15) is 0 Å². The molecule has 5 nitrogen and oxygen atoms in total. The second-order valence-electron chi connectivity index (χ2n) is 4.50. The summed E-state index contributed by atoms with van der Waals surface area (Å²) in [5, 5.41) is 0. The molecule has 0 fully saturated rings. The minimum atomic E-state index is -0.291. The molecule has 3 aromatic heterocycles. The first-order valence-corrected chi connectivity index (χ1v) is 6.25. The fraction of sp³-hybridized carbons (Fsp3) is 0. The maximum Gasteiger partial charge on any atom is 0.299 e. The highest BCUT2D eigenvalue weighted by molar-refractivity contribution is 5.77. The van der Waals surface area contributed by atoms with Gasteiger partial charge in [0.05, 0.1) is 0 Å². The Hall–Kier alpha value is -2.95. The van der Waals surface area contributed by atoms with Gasteiger partial charge in [-0.3, -0.25) is 9.20 Å². The van der Waals surface area contributed by atoms with Gasteiger partial charge in [-0.15, -0.1) is 0 Å². The summed E-state index contributed by atoms with van der Waals surface area (Å²) in [6.07, 6.45) is 1.85. The molecular formula is C15H10N4O. The Labute approximate surface area is 113 Å². The number of aromatic amines is 1. The van der Waals surface area contributed by atoms with Crippen LogP contribution in [0.5, 0.6) is 0 Å². The molecule has 0 amide bonds. The first-order chi connectivity index (χ1) is 9.83. The number of nitrogens with one attached hydrogen (secondary N) is 1. The minimum absolute atomic E-state index is 0.291. The van der Waals surface area contributed by atoms with Crippen molar-refractivity contribution in [2.45, 2.75) is 0 Å². The van der Waals surface area contributed by atoms with Crippen LogP contribution in [0.3, 0.4) is 0 Å². The highest BCUT2D eigenvalue weighted by Gasteiger charge is 2.11. The van der Waals surface area contributed by atoms with Gasteiger partial charge in [0.15, 0.2) is 11.2 Å². The van der Waals surface area contributed by atoms with Crippen molar-refractivity contribution in [2.24, 2.45) is 0 Å². The smallest absolute Gasteiger partial charge is 0.299 e. The highest BCUT2D eigenvalue weighted by Crippen LogP contribution is 2.18. The molecule has 4 aromatic rings. The van der Waals surface area contributed by atoms with E-state index in [2.05, 4.69) is 15.0 Å². The zero-order valence-corrected chi connectivity index (χ0v) is 10.4. The number of imidazole rings is 1. The second kappa shape index (κ2) is 4.03. The molecule has 0 aliphatic carbocycles. The summed E-state index contributed by atoms with van der Waals surface area (Å²) in [6, 6.07) is 15.2. The first-order valence-electron chi connectivity index (χ1n) is 6.25. The molecule has 0 spiro atoms. The molecule has 4 rings (SSSR count). The van der Waals surface area contributed by atoms with Gasteiger partial charge in [0, 0.05) is 11.8 Å². The maximum atomic E-state index is 12.0. The third-order valence-electron chi connectivity index (χ3n) is 3.23. The van der Waals surface area contributed by atoms with Crippen LogP contribution in [-0.4, -0.2) is 19.4 Å². The van der Waals surface area contributed by atoms with E-state index in [9.17, 15) is 4.79 Å². The lowest BCUT2D eigenvalue weighted by molar-refractivity contribution is 1.11. The van der Waals surface area contributed by atoms with Crippen LogP contribution < -0.4 is 5.56 Å². The van der Waals surface area contributed by atoms with E-state index < -0.39 is 0 Å². The third-order valence-corrected chi connectivity index (χ3v) is 3.23. The van der Waals surface area contributed by atoms with Crippen molar-refractivity contribution in [3.63, 3.8) is 0 Å². The molecule has 0 aliphatic rings. The number of benzene rings is 1. The lowest BCUT2D eigenvalue weighted by atomic mass is 10.2. The predicted octanol–water partition coefficient (Wildman–Crippen LogP) is 2.24. The van der Waals surface area contributed by atoms with Gasteiger partial charge in [-0.05, 0) is 12.1 Å². The predicted molar refractivity (Wildman–Crippen MR) is 76.5 cm³/mol. The molecule has 0 radical (unpaired) electrons. The molecule has 0 unspecified atom stereocenters. The number of H-pyrrole nitrogens is 1. The topological polar surface area (TPSA) is 63.1 Å². The lowest BCUT2D eigenvalue weighted by Gasteiger charge is -1.98. The monoisotopic (exact) mass is 262 g/mol. The molecule has 1 aromatic carbocycles. The molecule has 0 aliphatic heterocycles. The van der Waals surface area contributed by atoms with Crippen LogP contribution >= 0.6 is 0 Å². The largest absolute Gasteiger partial charge is 0.332 e. The Morgan fingerprint density at radius 2 is 1.75 bits per heavy atom. The summed E-state index contributed by atoms with van der Waals surface area (Å²) >= 11 is 0. The Morgan fingerprint density at radius 3 is 2.60 bits per heavy atom. The van der Waals surface area contributed by atoms with E-state index in [4.69, 9.17) is 0 Å². The number of nitrogens with zero attached hydrogens (tertiary/aromatic N) is 3. The summed E-state index contributed by atoms with van der Waals surface area (Å²) in [5.74, 6) is 0.670. The molecule has 0 saturated carbocycles. The Balaban J connectivity index is 2.11. The van der Waals surface area contributed by atoms with Crippen LogP contribution in [0.4, 0.5) is 0 Å². The lowest BCUT2D eigenvalue weighted by Crippen LogP contribution is -2.10. The van der Waals surface area contributed by atoms with Crippen LogP contribution in [-0.2, 0) is 0 Å². The molecule has 20 heavy (non-hydrogen) atoms. The molecule has 3 heterocycles. The summed E-state index contributed by atoms with van der Waals surface area (Å²) in [4.78, 5) is 23.7. The van der Waals surface area contributed by atoms with Gasteiger partial charge >= 0.3 is 0 Å². The van der Waals surface area contributed by atoms with Crippen molar-refractivity contribution >= 4 is 16.8 Å². The van der Waals surface area contributed by atoms with Crippen molar-refractivity contribution in [3.05, 3.63) is 65.1 Å². The molecule has 1 N–H and O–H groups in total. The molecule has 0 atom stereocenters. The van der Waals surface area contributed by atoms with Crippen molar-refractivity contribution in [2.75, 3.05) is 0 Å². The number of pyridine rings is 1. The minimum Gasteiger partial charge on any atom is -0.332 e. The molecule has 0 bridgehead atoms. The normalized spacial score (nSPS) is 11.2. The van der Waals surface area contributed by atoms with Crippen molar-refractivity contribution in [1.82, 2.24) is 19.4 Å². The summed E-state index contributed by atoms with van der Waals surface area (Å²) in [7, 11) is 0. The Bertz CT molecular complexity index is 969. The molecule has 96 valence electrons. The highest BCUT2D eigenvalue weighted by atomic mass is 16.1. The second-order valence-corrected chi connectivity index (χ2v) is 4.50. The fourth-order valence-corrected chi connectivity index (χ4v) is 2.28. The van der Waals surface area contributed by atoms with Gasteiger partial charge in [-0.2, -0.15) is 4.98 Å². The van der Waals surface area contributed by atoms with E-state index in [1.165, 1.54) is 0 Å². The van der Waals surface area contributed by atoms with E-state index in [-0.39, 0.29) is 5.56 Å². The van der Waals surface area contributed by atoms with Crippen molar-refractivity contribution in [1.29, 1.82) is 0 Å². The van der Waals surface area contributed by atoms with Gasteiger partial charge in [0.1, 0.15) is 11.5 Å². The zero-order chi connectivity index (χ0) is 13.5. The third kappa shape index (κ3) is 1.53. The number of aromatic nitrogens is 4. The number of fused-ring (bicyclic) bond motifs is 3. The quantitative estimate of drug-likeness (QED) is 0.572. The standard InChI is InChI=1S/C15H10N4O/c20-15-12-14(19-9-5-4-8-11(19)16-15)18-13(17-12)10-6-2-1-3-7-10/h1-9H,(H,17,18). The van der Waals surface area contributed by atoms with Crippen molar-refractivity contribution in [3.8, 4) is 11.4 Å². The number of hydrogen-bond donors (Lipinski definition) is 1. The molecular weight excluding hydrogens is 252 g/mol. The van der Waals surface area contributed by atoms with E-state index in [0.717, 1.165) is 5.56 Å². The van der Waals surface area contributed by atoms with Crippen LogP contribution in [0.2, 0.25) is 0 Å². The fourth-order valence-electron chi connectivity index (χ4n) is 2.28. The van der Waals surface area contributed by atoms with E-state index in [0.29, 0.717) is 22.6 Å². The van der Waals surface area contributed by atoms with Gasteiger partial charge in [-0.1, -0.05) is 36.4 Å². The summed E-state index contributed by atoms with van der Waals surface area (Å²) in [6.45, 7) is 0. The molecule has 5 heteroatoms. The van der Waals surface area contributed by atoms with Gasteiger partial charge in [0.2, 0.25) is 0 Å².